The molecule has 0 spiro atoms. The Morgan fingerprint density at radius 3 is 0.520 bits per heavy atom. The van der Waals surface area contributed by atoms with E-state index in [-0.39, 0.29) is 21.7 Å². The summed E-state index contributed by atoms with van der Waals surface area (Å²) in [4.78, 5) is 0. The molecule has 1 aliphatic rings. The predicted octanol–water partition coefficient (Wildman–Crippen LogP) is 23.2. The third-order valence-electron chi connectivity index (χ3n) is 24.1. The molecule has 0 fully saturated rings. The molecule has 4 aromatic carbocycles. The average Bonchev–Trinajstić information content (AvgIpc) is 0.770. The fraction of sp³-hybridized carbons (Fsp3) is 0.739. The highest BCUT2D eigenvalue weighted by Gasteiger charge is 2.33. The minimum absolute atomic E-state index is 0.229. The summed E-state index contributed by atoms with van der Waals surface area (Å²) < 4.78 is 35.0. The Labute approximate surface area is 619 Å². The minimum Gasteiger partial charge on any atom is -0.493 e. The zero-order chi connectivity index (χ0) is 74.7. The van der Waals surface area contributed by atoms with E-state index in [0.717, 1.165) is 197 Å². The molecule has 0 aliphatic heterocycles. The molecular weight excluding hydrogens is 1230 g/mol. The maximum absolute atomic E-state index is 7.73. The number of rotatable bonds is 40. The maximum atomic E-state index is 7.73. The number of fused-ring (bicyclic) bond motifs is 8. The SMILES string of the molecule is CC[N+](CC)(CC)Cc1cc2c(OCCC(C)CC(C)(C)C)c(c1)Cc1cc(C[N+](CC)(CC)CC)cc(c1OCCC(C)CC(C)(C)C)Cc1cc(C[N+](CC)(CC)CC)cc(c1OCCC(C)CC(C)(C)C)Cc1cc(C[N+](CC)(CC)CC)cc(c1OCCC(C)CC(C)(C)C)C2. The van der Waals surface area contributed by atoms with Crippen LogP contribution >= 0.6 is 0 Å². The molecule has 0 amide bonds. The highest BCUT2D eigenvalue weighted by Crippen LogP contribution is 2.44. The Hall–Kier alpha value is -4.08. The molecule has 5 rings (SSSR count). The van der Waals surface area contributed by atoms with E-state index in [2.05, 4.69) is 242 Å². The summed E-state index contributed by atoms with van der Waals surface area (Å²) in [7, 11) is 0. The molecule has 0 saturated heterocycles. The second-order valence-electron chi connectivity index (χ2n) is 37.5. The smallest absolute Gasteiger partial charge is 0.126 e. The van der Waals surface area contributed by atoms with Gasteiger partial charge in [-0.05, 0) is 273 Å². The molecule has 4 aromatic rings. The van der Waals surface area contributed by atoms with Gasteiger partial charge >= 0.3 is 0 Å². The van der Waals surface area contributed by atoms with Crippen molar-refractivity contribution >= 4 is 0 Å². The van der Waals surface area contributed by atoms with Gasteiger partial charge in [-0.25, -0.2) is 0 Å². The van der Waals surface area contributed by atoms with Gasteiger partial charge in [0.2, 0.25) is 0 Å². The van der Waals surface area contributed by atoms with Crippen LogP contribution in [0.25, 0.3) is 0 Å². The number of hydrogen-bond donors (Lipinski definition) is 0. The van der Waals surface area contributed by atoms with Gasteiger partial charge in [-0.3, -0.25) is 0 Å². The van der Waals surface area contributed by atoms with Gasteiger partial charge < -0.3 is 36.9 Å². The molecule has 1 aliphatic carbocycles. The molecule has 100 heavy (non-hydrogen) atoms. The van der Waals surface area contributed by atoms with Gasteiger partial charge in [0.1, 0.15) is 49.2 Å². The Morgan fingerprint density at radius 1 is 0.260 bits per heavy atom. The van der Waals surface area contributed by atoms with Crippen molar-refractivity contribution in [1.29, 1.82) is 0 Å². The Bertz CT molecular complexity index is 2550. The van der Waals surface area contributed by atoms with Crippen LogP contribution in [-0.2, 0) is 51.9 Å². The van der Waals surface area contributed by atoms with Crippen molar-refractivity contribution < 1.29 is 36.9 Å². The first kappa shape index (κ1) is 86.6. The van der Waals surface area contributed by atoms with Crippen molar-refractivity contribution in [2.75, 3.05) is 105 Å². The number of nitrogens with zero attached hydrogens (tertiary/aromatic N) is 4. The number of ether oxygens (including phenoxy) is 4. The third-order valence-corrected chi connectivity index (χ3v) is 24.1. The van der Waals surface area contributed by atoms with Crippen LogP contribution in [0.15, 0.2) is 48.5 Å². The maximum Gasteiger partial charge on any atom is 0.126 e. The molecular formula is C92H160N4O4+4. The summed E-state index contributed by atoms with van der Waals surface area (Å²) in [6, 6.07) is 20.8. The van der Waals surface area contributed by atoms with Crippen LogP contribution in [-0.4, -0.2) is 123 Å². The molecule has 0 aromatic heterocycles. The lowest BCUT2D eigenvalue weighted by Gasteiger charge is -2.37. The van der Waals surface area contributed by atoms with E-state index in [1.165, 1.54) is 66.8 Å². The van der Waals surface area contributed by atoms with Gasteiger partial charge in [0.05, 0.1) is 105 Å². The van der Waals surface area contributed by atoms with Crippen LogP contribution in [0, 0.1) is 45.3 Å². The third kappa shape index (κ3) is 26.2. The summed E-state index contributed by atoms with van der Waals surface area (Å²) in [5, 5.41) is 0. The quantitative estimate of drug-likeness (QED) is 0.0366. The summed E-state index contributed by atoms with van der Waals surface area (Å²) in [5.41, 5.74) is 16.7. The summed E-state index contributed by atoms with van der Waals surface area (Å²) in [5.74, 6) is 6.29. The Balaban J connectivity index is 2.14. The summed E-state index contributed by atoms with van der Waals surface area (Å²) in [6.07, 6.45) is 11.4. The van der Waals surface area contributed by atoms with E-state index >= 15 is 0 Å². The summed E-state index contributed by atoms with van der Waals surface area (Å²) in [6.45, 7) is 86.8. The number of quaternary nitrogens is 4. The highest BCUT2D eigenvalue weighted by atomic mass is 16.5. The predicted molar refractivity (Wildman–Crippen MR) is 433 cm³/mol. The number of benzene rings is 4. The van der Waals surface area contributed by atoms with Crippen LogP contribution < -0.4 is 18.9 Å². The van der Waals surface area contributed by atoms with E-state index in [0.29, 0.717) is 75.8 Å². The summed E-state index contributed by atoms with van der Waals surface area (Å²) >= 11 is 0. The zero-order valence-corrected chi connectivity index (χ0v) is 71.0. The van der Waals surface area contributed by atoms with Crippen LogP contribution in [0.2, 0.25) is 0 Å². The molecule has 8 nitrogen and oxygen atoms in total. The average molecular weight is 1390 g/mol. The molecule has 0 N–H and O–H groups in total. The van der Waals surface area contributed by atoms with Gasteiger partial charge in [0.15, 0.2) is 0 Å². The molecule has 8 bridgehead atoms. The van der Waals surface area contributed by atoms with Crippen molar-refractivity contribution in [2.24, 2.45) is 45.3 Å². The van der Waals surface area contributed by atoms with E-state index in [4.69, 9.17) is 18.9 Å². The van der Waals surface area contributed by atoms with Gasteiger partial charge in [-0.2, -0.15) is 0 Å². The van der Waals surface area contributed by atoms with Gasteiger partial charge in [0, 0.05) is 47.9 Å². The first-order chi connectivity index (χ1) is 46.9. The van der Waals surface area contributed by atoms with Gasteiger partial charge in [-0.15, -0.1) is 0 Å². The lowest BCUT2D eigenvalue weighted by molar-refractivity contribution is -0.936. The standard InChI is InChI=1S/C92H160N4O4/c1-29-93(30-2,31-3)65-73-49-77-57-79-51-74(66-94(32-4,33-5)34-6)53-81(86(79)98-46-42-70(14)62-90(20,21)22)59-83-55-76(68-96(38-10,39-11)40-12)56-84(88(83)100-48-44-72(16)64-92(26,27)28)60-82-54-75(67-95(35-7,36-8)37-9)52-80(87(82)99-47-43-71(15)63-91(23,24)25)58-78(50-73)85(77)97-45-41-69(13)61-89(17,18)19/h49-56,69-72H,29-48,57-68H2,1-28H3/q+4. The Morgan fingerprint density at radius 2 is 0.400 bits per heavy atom. The molecule has 4 atom stereocenters. The first-order valence-electron chi connectivity index (χ1n) is 41.4. The van der Waals surface area contributed by atoms with Crippen LogP contribution in [0.5, 0.6) is 23.0 Å². The molecule has 0 saturated carbocycles. The van der Waals surface area contributed by atoms with E-state index in [1.54, 1.807) is 0 Å². The van der Waals surface area contributed by atoms with E-state index in [9.17, 15) is 0 Å². The second-order valence-corrected chi connectivity index (χ2v) is 37.5. The fourth-order valence-electron chi connectivity index (χ4n) is 17.9. The van der Waals surface area contributed by atoms with Crippen molar-refractivity contribution in [3.63, 3.8) is 0 Å². The van der Waals surface area contributed by atoms with Crippen molar-refractivity contribution in [1.82, 2.24) is 0 Å². The lowest BCUT2D eigenvalue weighted by atomic mass is 9.84. The molecule has 0 heterocycles. The fourth-order valence-corrected chi connectivity index (χ4v) is 17.9. The van der Waals surface area contributed by atoms with Crippen LogP contribution in [0.1, 0.15) is 312 Å². The minimum atomic E-state index is 0.229. The van der Waals surface area contributed by atoms with Crippen LogP contribution in [0.4, 0.5) is 0 Å². The van der Waals surface area contributed by atoms with E-state index < -0.39 is 0 Å². The zero-order valence-electron chi connectivity index (χ0n) is 71.0. The van der Waals surface area contributed by atoms with E-state index in [1.807, 2.05) is 0 Å². The second kappa shape index (κ2) is 38.3. The topological polar surface area (TPSA) is 36.9 Å². The molecule has 0 radical (unpaired) electrons. The first-order valence-corrected chi connectivity index (χ1v) is 41.4. The van der Waals surface area contributed by atoms with Crippen molar-refractivity contribution in [3.8, 4) is 23.0 Å². The largest absolute Gasteiger partial charge is 0.493 e. The van der Waals surface area contributed by atoms with Gasteiger partial charge in [-0.1, -0.05) is 111 Å². The van der Waals surface area contributed by atoms with Gasteiger partial charge in [0.25, 0.3) is 0 Å². The molecule has 568 valence electrons. The normalized spacial score (nSPS) is 15.0. The van der Waals surface area contributed by atoms with Crippen molar-refractivity contribution in [3.05, 3.63) is 115 Å². The lowest BCUT2D eigenvalue weighted by Crippen LogP contribution is -2.46. The Kier molecular flexibility index (Phi) is 33.1. The van der Waals surface area contributed by atoms with Crippen molar-refractivity contribution in [2.45, 2.75) is 297 Å². The molecule has 8 heteroatoms. The monoisotopic (exact) mass is 1390 g/mol. The van der Waals surface area contributed by atoms with Crippen LogP contribution in [0.3, 0.4) is 0 Å². The highest BCUT2D eigenvalue weighted by molar-refractivity contribution is 5.59. The number of hydrogen-bond acceptors (Lipinski definition) is 4. The molecule has 4 unspecified atom stereocenters.